The third-order valence-electron chi connectivity index (χ3n) is 2.44. The van der Waals surface area contributed by atoms with Crippen LogP contribution in [0.1, 0.15) is 23.5 Å². The molecule has 6 heteroatoms. The molecule has 18 heavy (non-hydrogen) atoms. The van der Waals surface area contributed by atoms with Gasteiger partial charge in [0.2, 0.25) is 0 Å². The van der Waals surface area contributed by atoms with Gasteiger partial charge in [-0.3, -0.25) is 0 Å². The summed E-state index contributed by atoms with van der Waals surface area (Å²) in [6.45, 7) is 2.04. The third-order valence-corrected chi connectivity index (χ3v) is 3.85. The molecule has 0 fully saturated rings. The van der Waals surface area contributed by atoms with E-state index in [9.17, 15) is 0 Å². The number of nitrogens with two attached hydrogens (primary N) is 1. The van der Waals surface area contributed by atoms with Gasteiger partial charge in [0.25, 0.3) is 0 Å². The summed E-state index contributed by atoms with van der Waals surface area (Å²) in [4.78, 5) is 4.60. The number of anilines is 1. The second-order valence-corrected chi connectivity index (χ2v) is 5.59. The molecular weight excluding hydrogens is 286 g/mol. The van der Waals surface area contributed by atoms with E-state index in [0.29, 0.717) is 10.0 Å². The predicted octanol–water partition coefficient (Wildman–Crippen LogP) is 3.60. The highest BCUT2D eigenvalue weighted by Gasteiger charge is 2.12. The Morgan fingerprint density at radius 2 is 2.33 bits per heavy atom. The topological polar surface area (TPSA) is 50.9 Å². The molecule has 1 unspecified atom stereocenters. The minimum absolute atomic E-state index is 0.0966. The average molecular weight is 298 g/mol. The van der Waals surface area contributed by atoms with Crippen molar-refractivity contribution in [3.63, 3.8) is 0 Å². The number of hydrogen-bond acceptors (Lipinski definition) is 4. The van der Waals surface area contributed by atoms with Crippen LogP contribution in [0, 0.1) is 0 Å². The Balaban J connectivity index is 2.26. The summed E-state index contributed by atoms with van der Waals surface area (Å²) < 4.78 is 0. The van der Waals surface area contributed by atoms with Gasteiger partial charge in [0, 0.05) is 27.9 Å². The van der Waals surface area contributed by atoms with Crippen LogP contribution in [0.25, 0.3) is 0 Å². The fraction of sp³-hybridized carbons (Fsp3) is 0.167. The van der Waals surface area contributed by atoms with Gasteiger partial charge in [0.15, 0.2) is 0 Å². The van der Waals surface area contributed by atoms with Gasteiger partial charge < -0.3 is 11.1 Å². The second kappa shape index (κ2) is 5.65. The zero-order valence-electron chi connectivity index (χ0n) is 9.68. The molecule has 1 aromatic carbocycles. The molecule has 2 rings (SSSR count). The molecular formula is C12H12ClN3S2. The molecule has 1 heterocycles. The first-order chi connectivity index (χ1) is 8.58. The van der Waals surface area contributed by atoms with Crippen LogP contribution >= 0.6 is 35.2 Å². The number of nitrogens with zero attached hydrogens (tertiary/aromatic N) is 1. The van der Waals surface area contributed by atoms with Crippen LogP contribution in [0.15, 0.2) is 29.8 Å². The molecule has 1 aromatic heterocycles. The van der Waals surface area contributed by atoms with Gasteiger partial charge in [0.05, 0.1) is 6.04 Å². The molecule has 0 saturated carbocycles. The highest BCUT2D eigenvalue weighted by Crippen LogP contribution is 2.26. The lowest BCUT2D eigenvalue weighted by Gasteiger charge is -2.16. The normalized spacial score (nSPS) is 12.1. The Bertz CT molecular complexity index is 554. The lowest BCUT2D eigenvalue weighted by Crippen LogP contribution is -2.15. The summed E-state index contributed by atoms with van der Waals surface area (Å²) in [6.07, 6.45) is 1.79. The number of nitrogens with one attached hydrogen (secondary N) is 1. The molecule has 0 aliphatic carbocycles. The lowest BCUT2D eigenvalue weighted by molar-refractivity contribution is 0.869. The zero-order valence-corrected chi connectivity index (χ0v) is 12.1. The van der Waals surface area contributed by atoms with Crippen LogP contribution in [0.5, 0.6) is 0 Å². The van der Waals surface area contributed by atoms with E-state index in [2.05, 4.69) is 10.3 Å². The van der Waals surface area contributed by atoms with Crippen LogP contribution in [0.4, 0.5) is 5.69 Å². The van der Waals surface area contributed by atoms with Crippen molar-refractivity contribution in [3.8, 4) is 0 Å². The Morgan fingerprint density at radius 1 is 1.56 bits per heavy atom. The van der Waals surface area contributed by atoms with Gasteiger partial charge in [-0.15, -0.1) is 11.3 Å². The van der Waals surface area contributed by atoms with Crippen LogP contribution in [0.3, 0.4) is 0 Å². The predicted molar refractivity (Wildman–Crippen MR) is 81.5 cm³/mol. The van der Waals surface area contributed by atoms with E-state index >= 15 is 0 Å². The van der Waals surface area contributed by atoms with Crippen molar-refractivity contribution >= 4 is 45.8 Å². The maximum atomic E-state index is 5.94. The van der Waals surface area contributed by atoms with E-state index in [1.54, 1.807) is 29.7 Å². The molecule has 0 saturated heterocycles. The largest absolute Gasteiger partial charge is 0.389 e. The minimum atomic E-state index is 0.0966. The Kier molecular flexibility index (Phi) is 4.16. The summed E-state index contributed by atoms with van der Waals surface area (Å²) in [7, 11) is 0. The summed E-state index contributed by atoms with van der Waals surface area (Å²) >= 11 is 12.6. The minimum Gasteiger partial charge on any atom is -0.389 e. The smallest absolute Gasteiger partial charge is 0.115 e. The van der Waals surface area contributed by atoms with E-state index in [1.807, 2.05) is 18.4 Å². The molecule has 0 aliphatic rings. The fourth-order valence-corrected chi connectivity index (χ4v) is 2.58. The number of rotatable bonds is 4. The number of halogens is 1. The van der Waals surface area contributed by atoms with Gasteiger partial charge in [-0.25, -0.2) is 4.98 Å². The first-order valence-electron chi connectivity index (χ1n) is 5.33. The number of thiocarbonyl (C=S) groups is 1. The van der Waals surface area contributed by atoms with E-state index < -0.39 is 0 Å². The summed E-state index contributed by atoms with van der Waals surface area (Å²) in [5, 5.41) is 6.92. The van der Waals surface area contributed by atoms with Crippen molar-refractivity contribution in [1.29, 1.82) is 0 Å². The molecule has 0 amide bonds. The van der Waals surface area contributed by atoms with E-state index in [-0.39, 0.29) is 6.04 Å². The molecule has 1 atom stereocenters. The zero-order chi connectivity index (χ0) is 13.1. The monoisotopic (exact) mass is 297 g/mol. The Labute approximate surface area is 120 Å². The Hall–Kier alpha value is -1.17. The van der Waals surface area contributed by atoms with Crippen molar-refractivity contribution < 1.29 is 0 Å². The highest BCUT2D eigenvalue weighted by atomic mass is 35.5. The SMILES string of the molecule is CC(Nc1ccc(Cl)cc1C(N)=S)c1nccs1. The molecule has 3 nitrogen and oxygen atoms in total. The van der Waals surface area contributed by atoms with Crippen LogP contribution in [0.2, 0.25) is 5.02 Å². The van der Waals surface area contributed by atoms with Crippen molar-refractivity contribution in [2.45, 2.75) is 13.0 Å². The average Bonchev–Trinajstić information content (AvgIpc) is 2.84. The molecule has 3 N–H and O–H groups in total. The first-order valence-corrected chi connectivity index (χ1v) is 7.00. The van der Waals surface area contributed by atoms with Crippen LogP contribution in [-0.4, -0.2) is 9.97 Å². The standard InChI is InChI=1S/C12H12ClN3S2/c1-7(12-15-4-5-18-12)16-10-3-2-8(13)6-9(10)11(14)17/h2-7,16H,1H3,(H2,14,17). The third kappa shape index (κ3) is 2.98. The molecule has 0 bridgehead atoms. The quantitative estimate of drug-likeness (QED) is 0.847. The molecule has 94 valence electrons. The van der Waals surface area contributed by atoms with Gasteiger partial charge in [0.1, 0.15) is 10.00 Å². The van der Waals surface area contributed by atoms with E-state index in [1.165, 1.54) is 0 Å². The van der Waals surface area contributed by atoms with E-state index in [4.69, 9.17) is 29.6 Å². The Morgan fingerprint density at radius 3 is 2.94 bits per heavy atom. The van der Waals surface area contributed by atoms with Gasteiger partial charge in [-0.05, 0) is 25.1 Å². The highest BCUT2D eigenvalue weighted by molar-refractivity contribution is 7.80. The molecule has 0 radical (unpaired) electrons. The number of aromatic nitrogens is 1. The van der Waals surface area contributed by atoms with Crippen molar-refractivity contribution in [1.82, 2.24) is 4.98 Å². The van der Waals surface area contributed by atoms with Gasteiger partial charge in [-0.1, -0.05) is 23.8 Å². The van der Waals surface area contributed by atoms with Crippen molar-refractivity contribution in [2.75, 3.05) is 5.32 Å². The van der Waals surface area contributed by atoms with Gasteiger partial charge >= 0.3 is 0 Å². The molecule has 2 aromatic rings. The lowest BCUT2D eigenvalue weighted by atomic mass is 10.1. The fourth-order valence-electron chi connectivity index (χ4n) is 1.59. The summed E-state index contributed by atoms with van der Waals surface area (Å²) in [6, 6.07) is 5.54. The van der Waals surface area contributed by atoms with Gasteiger partial charge in [-0.2, -0.15) is 0 Å². The summed E-state index contributed by atoms with van der Waals surface area (Å²) in [5.41, 5.74) is 7.32. The van der Waals surface area contributed by atoms with Crippen molar-refractivity contribution in [3.05, 3.63) is 45.4 Å². The van der Waals surface area contributed by atoms with Crippen LogP contribution < -0.4 is 11.1 Å². The number of benzene rings is 1. The first kappa shape index (κ1) is 13.3. The van der Waals surface area contributed by atoms with Crippen LogP contribution in [-0.2, 0) is 0 Å². The maximum Gasteiger partial charge on any atom is 0.115 e. The van der Waals surface area contributed by atoms with E-state index in [0.717, 1.165) is 16.3 Å². The molecule has 0 aliphatic heterocycles. The molecule has 0 spiro atoms. The summed E-state index contributed by atoms with van der Waals surface area (Å²) in [5.74, 6) is 0. The second-order valence-electron chi connectivity index (χ2n) is 3.79. The van der Waals surface area contributed by atoms with Crippen molar-refractivity contribution in [2.24, 2.45) is 5.73 Å². The number of thiazole rings is 1. The number of hydrogen-bond donors (Lipinski definition) is 2. The maximum absolute atomic E-state index is 5.94.